The average molecular weight is 359 g/mol. The summed E-state index contributed by atoms with van der Waals surface area (Å²) in [6.07, 6.45) is 0. The van der Waals surface area contributed by atoms with Gasteiger partial charge in [0.05, 0.1) is 11.4 Å². The summed E-state index contributed by atoms with van der Waals surface area (Å²) in [5.41, 5.74) is 4.24. The largest absolute Gasteiger partial charge is 0.421 e. The number of nitrogens with zero attached hydrogens (tertiary/aromatic N) is 3. The highest BCUT2D eigenvalue weighted by atomic mass is 16.4. The van der Waals surface area contributed by atoms with Gasteiger partial charge in [-0.05, 0) is 25.1 Å². The van der Waals surface area contributed by atoms with E-state index in [1.54, 1.807) is 25.1 Å². The van der Waals surface area contributed by atoms with E-state index in [0.29, 0.717) is 34.3 Å². The average Bonchev–Trinajstić information content (AvgIpc) is 3.29. The fourth-order valence-electron chi connectivity index (χ4n) is 2.78. The topological polar surface area (TPSA) is 96.7 Å². The first-order valence-electron chi connectivity index (χ1n) is 8.44. The summed E-state index contributed by atoms with van der Waals surface area (Å²) in [6, 6.07) is 16.8. The molecule has 4 rings (SSSR count). The van der Waals surface area contributed by atoms with Crippen LogP contribution in [0.1, 0.15) is 21.9 Å². The second-order valence-electron chi connectivity index (χ2n) is 6.10. The summed E-state index contributed by atoms with van der Waals surface area (Å²) < 4.78 is 5.44. The van der Waals surface area contributed by atoms with E-state index < -0.39 is 0 Å². The second-order valence-corrected chi connectivity index (χ2v) is 6.10. The van der Waals surface area contributed by atoms with Crippen molar-refractivity contribution in [3.63, 3.8) is 0 Å². The lowest BCUT2D eigenvalue weighted by molar-refractivity contribution is 0.102. The number of amides is 1. The van der Waals surface area contributed by atoms with E-state index >= 15 is 0 Å². The molecule has 0 aliphatic heterocycles. The fourth-order valence-corrected chi connectivity index (χ4v) is 2.78. The third kappa shape index (κ3) is 3.35. The summed E-state index contributed by atoms with van der Waals surface area (Å²) in [7, 11) is 0. The molecule has 27 heavy (non-hydrogen) atoms. The van der Waals surface area contributed by atoms with Crippen molar-refractivity contribution >= 4 is 11.6 Å². The van der Waals surface area contributed by atoms with E-state index in [4.69, 9.17) is 4.42 Å². The first-order valence-corrected chi connectivity index (χ1v) is 8.44. The number of carbonyl (C=O) groups excluding carboxylic acids is 1. The van der Waals surface area contributed by atoms with E-state index in [-0.39, 0.29) is 5.91 Å². The number of anilines is 1. The van der Waals surface area contributed by atoms with Gasteiger partial charge in [-0.25, -0.2) is 0 Å². The molecule has 7 heteroatoms. The molecule has 2 heterocycles. The Morgan fingerprint density at radius 1 is 1.00 bits per heavy atom. The molecule has 7 nitrogen and oxygen atoms in total. The Kier molecular flexibility index (Phi) is 4.25. The fraction of sp³-hybridized carbons (Fsp3) is 0.100. The predicted molar refractivity (Wildman–Crippen MR) is 101 cm³/mol. The molecule has 0 aliphatic carbocycles. The number of benzene rings is 2. The zero-order valence-corrected chi connectivity index (χ0v) is 14.9. The maximum atomic E-state index is 12.8. The van der Waals surface area contributed by atoms with E-state index in [9.17, 15) is 4.79 Å². The van der Waals surface area contributed by atoms with E-state index in [1.807, 2.05) is 43.3 Å². The molecular weight excluding hydrogens is 342 g/mol. The van der Waals surface area contributed by atoms with Crippen LogP contribution < -0.4 is 5.32 Å². The highest BCUT2D eigenvalue weighted by Gasteiger charge is 2.17. The Balaban J connectivity index is 1.63. The van der Waals surface area contributed by atoms with Gasteiger partial charge in [0, 0.05) is 23.6 Å². The van der Waals surface area contributed by atoms with Gasteiger partial charge in [-0.1, -0.05) is 36.4 Å². The van der Waals surface area contributed by atoms with Crippen LogP contribution >= 0.6 is 0 Å². The van der Waals surface area contributed by atoms with Crippen LogP contribution in [0.4, 0.5) is 5.69 Å². The first-order chi connectivity index (χ1) is 13.1. The third-order valence-electron chi connectivity index (χ3n) is 4.13. The van der Waals surface area contributed by atoms with Crippen molar-refractivity contribution in [3.8, 4) is 22.7 Å². The number of H-pyrrole nitrogens is 1. The molecule has 0 aliphatic rings. The minimum Gasteiger partial charge on any atom is -0.421 e. The van der Waals surface area contributed by atoms with Crippen LogP contribution in [0.15, 0.2) is 59.0 Å². The van der Waals surface area contributed by atoms with Crippen LogP contribution in [0.3, 0.4) is 0 Å². The van der Waals surface area contributed by atoms with Crippen LogP contribution in [0.5, 0.6) is 0 Å². The molecule has 0 bridgehead atoms. The molecule has 0 fully saturated rings. The van der Waals surface area contributed by atoms with Gasteiger partial charge in [0.15, 0.2) is 0 Å². The van der Waals surface area contributed by atoms with Crippen molar-refractivity contribution < 1.29 is 9.21 Å². The molecule has 2 N–H and O–H groups in total. The van der Waals surface area contributed by atoms with Gasteiger partial charge in [0.2, 0.25) is 11.8 Å². The molecule has 0 saturated heterocycles. The Morgan fingerprint density at radius 3 is 2.52 bits per heavy atom. The van der Waals surface area contributed by atoms with Gasteiger partial charge >= 0.3 is 0 Å². The highest BCUT2D eigenvalue weighted by molar-refractivity contribution is 6.06. The molecule has 4 aromatic rings. The Hall–Kier alpha value is -3.74. The first kappa shape index (κ1) is 16.7. The van der Waals surface area contributed by atoms with Crippen molar-refractivity contribution in [1.29, 1.82) is 0 Å². The minimum atomic E-state index is -0.241. The molecule has 0 atom stereocenters. The Bertz CT molecular complexity index is 1100. The SMILES string of the molecule is Cc1nnc(-c2cccc(C(=O)Nc3c(-c4ccccc4)n[nH]c3C)c2)o1. The van der Waals surface area contributed by atoms with Gasteiger partial charge in [-0.3, -0.25) is 9.89 Å². The number of aromatic amines is 1. The molecule has 2 aromatic heterocycles. The molecule has 2 aromatic carbocycles. The van der Waals surface area contributed by atoms with Crippen LogP contribution in [0, 0.1) is 13.8 Å². The van der Waals surface area contributed by atoms with Gasteiger partial charge in [-0.15, -0.1) is 10.2 Å². The molecule has 0 spiro atoms. The van der Waals surface area contributed by atoms with Gasteiger partial charge in [0.25, 0.3) is 5.91 Å². The minimum absolute atomic E-state index is 0.241. The second kappa shape index (κ2) is 6.87. The standard InChI is InChI=1S/C20H17N5O2/c1-12-17(18(24-22-12)14-7-4-3-5-8-14)21-19(26)15-9-6-10-16(11-15)20-25-23-13(2)27-20/h3-11H,1-2H3,(H,21,26)(H,22,24). The lowest BCUT2D eigenvalue weighted by atomic mass is 10.1. The van der Waals surface area contributed by atoms with Gasteiger partial charge in [0.1, 0.15) is 5.69 Å². The smallest absolute Gasteiger partial charge is 0.255 e. The number of nitrogens with one attached hydrogen (secondary N) is 2. The van der Waals surface area contributed by atoms with Crippen molar-refractivity contribution in [2.75, 3.05) is 5.32 Å². The third-order valence-corrected chi connectivity index (χ3v) is 4.13. The normalized spacial score (nSPS) is 10.7. The summed E-state index contributed by atoms with van der Waals surface area (Å²) in [5, 5.41) is 18.0. The molecule has 0 radical (unpaired) electrons. The van der Waals surface area contributed by atoms with Crippen molar-refractivity contribution in [2.45, 2.75) is 13.8 Å². The lowest BCUT2D eigenvalue weighted by Gasteiger charge is -2.08. The van der Waals surface area contributed by atoms with E-state index in [2.05, 4.69) is 25.7 Å². The lowest BCUT2D eigenvalue weighted by Crippen LogP contribution is -2.13. The summed E-state index contributed by atoms with van der Waals surface area (Å²) >= 11 is 0. The van der Waals surface area contributed by atoms with E-state index in [1.165, 1.54) is 0 Å². The summed E-state index contributed by atoms with van der Waals surface area (Å²) in [5.74, 6) is 0.614. The predicted octanol–water partition coefficient (Wildman–Crippen LogP) is 4.00. The van der Waals surface area contributed by atoms with E-state index in [0.717, 1.165) is 11.3 Å². The number of hydrogen-bond donors (Lipinski definition) is 2. The number of carbonyl (C=O) groups is 1. The summed E-state index contributed by atoms with van der Waals surface area (Å²) in [6.45, 7) is 3.59. The van der Waals surface area contributed by atoms with Crippen LogP contribution in [0.25, 0.3) is 22.7 Å². The zero-order chi connectivity index (χ0) is 18.8. The maximum absolute atomic E-state index is 12.8. The number of rotatable bonds is 4. The quantitative estimate of drug-likeness (QED) is 0.574. The van der Waals surface area contributed by atoms with Crippen molar-refractivity contribution in [1.82, 2.24) is 20.4 Å². The highest BCUT2D eigenvalue weighted by Crippen LogP contribution is 2.29. The number of aryl methyl sites for hydroxylation is 2. The van der Waals surface area contributed by atoms with Crippen LogP contribution in [0.2, 0.25) is 0 Å². The Morgan fingerprint density at radius 2 is 1.78 bits per heavy atom. The molecule has 0 saturated carbocycles. The van der Waals surface area contributed by atoms with Crippen molar-refractivity contribution in [3.05, 3.63) is 71.7 Å². The molecular formula is C20H17N5O2. The monoisotopic (exact) mass is 359 g/mol. The van der Waals surface area contributed by atoms with Crippen LogP contribution in [-0.4, -0.2) is 26.3 Å². The molecule has 134 valence electrons. The number of hydrogen-bond acceptors (Lipinski definition) is 5. The maximum Gasteiger partial charge on any atom is 0.255 e. The molecule has 0 unspecified atom stereocenters. The van der Waals surface area contributed by atoms with Crippen molar-refractivity contribution in [2.24, 2.45) is 0 Å². The molecule has 1 amide bonds. The van der Waals surface area contributed by atoms with Crippen LogP contribution in [-0.2, 0) is 0 Å². The number of aromatic nitrogens is 4. The Labute approximate surface area is 155 Å². The zero-order valence-electron chi connectivity index (χ0n) is 14.9. The van der Waals surface area contributed by atoms with Gasteiger partial charge in [-0.2, -0.15) is 5.10 Å². The summed E-state index contributed by atoms with van der Waals surface area (Å²) in [4.78, 5) is 12.8. The van der Waals surface area contributed by atoms with Gasteiger partial charge < -0.3 is 9.73 Å².